The molecule has 0 amide bonds. The number of hydrogen-bond acceptors (Lipinski definition) is 2. The summed E-state index contributed by atoms with van der Waals surface area (Å²) >= 11 is 12.0. The molecule has 6 heteroatoms. The van der Waals surface area contributed by atoms with Crippen LogP contribution in [0.5, 0.6) is 0 Å². The number of hydrogen-bond donors (Lipinski definition) is 2. The summed E-state index contributed by atoms with van der Waals surface area (Å²) in [4.78, 5) is 16.7. The van der Waals surface area contributed by atoms with Gasteiger partial charge in [-0.1, -0.05) is 0 Å². The molecule has 0 saturated carbocycles. The molecule has 0 fully saturated rings. The van der Waals surface area contributed by atoms with Crippen molar-refractivity contribution in [1.82, 2.24) is 19.9 Å². The molecule has 0 spiro atoms. The Morgan fingerprint density at radius 3 is 2.12 bits per heavy atom. The molecule has 4 nitrogen and oxygen atoms in total. The average Bonchev–Trinajstić information content (AvgIpc) is 3.55. The van der Waals surface area contributed by atoms with Crippen molar-refractivity contribution in [2.45, 2.75) is 25.7 Å². The number of nitrogens with zero attached hydrogens (tertiary/aromatic N) is 2. The van der Waals surface area contributed by atoms with Gasteiger partial charge in [0.05, 0.1) is 22.8 Å². The van der Waals surface area contributed by atoms with Crippen molar-refractivity contribution in [2.75, 3.05) is 11.8 Å². The topological polar surface area (TPSA) is 57.4 Å². The van der Waals surface area contributed by atoms with Crippen molar-refractivity contribution < 1.29 is 0 Å². The lowest BCUT2D eigenvalue weighted by Crippen LogP contribution is -1.86. The molecule has 0 unspecified atom stereocenters. The number of alkyl halides is 2. The van der Waals surface area contributed by atoms with Crippen LogP contribution in [0.1, 0.15) is 47.6 Å². The molecule has 2 aliphatic heterocycles. The lowest BCUT2D eigenvalue weighted by Gasteiger charge is -2.00. The first-order valence-corrected chi connectivity index (χ1v) is 12.0. The van der Waals surface area contributed by atoms with Gasteiger partial charge in [0.2, 0.25) is 0 Å². The maximum Gasteiger partial charge on any atom is 0.0690 e. The Hall–Kier alpha value is -2.82. The smallest absolute Gasteiger partial charge is 0.0690 e. The first-order valence-electron chi connectivity index (χ1n) is 10.9. The minimum atomic E-state index is 0.635. The second-order valence-electron chi connectivity index (χ2n) is 8.08. The first kappa shape index (κ1) is 21.0. The standard InChI is InChI=1S/C26H24Cl2N4/c27-9-1-3-17-11-23-14-21-7-5-19(29-21)13-20-6-8-22(30-20)15-24-12-18(4-2-10-28)26(32-24)16-25(17)31-23/h5-8,11-16,29,32H,1-4,9-10H2. The minimum Gasteiger partial charge on any atom is -0.355 e. The van der Waals surface area contributed by atoms with Gasteiger partial charge in [0.15, 0.2) is 0 Å². The van der Waals surface area contributed by atoms with Gasteiger partial charge in [-0.25, -0.2) is 9.97 Å². The van der Waals surface area contributed by atoms with Crippen molar-refractivity contribution in [3.05, 3.63) is 70.8 Å². The van der Waals surface area contributed by atoms with Crippen molar-refractivity contribution >= 4 is 69.1 Å². The van der Waals surface area contributed by atoms with Gasteiger partial charge in [0, 0.05) is 33.8 Å². The van der Waals surface area contributed by atoms with Crippen molar-refractivity contribution in [3.8, 4) is 0 Å². The lowest BCUT2D eigenvalue weighted by atomic mass is 10.1. The maximum absolute atomic E-state index is 5.99. The average molecular weight is 463 g/mol. The summed E-state index contributed by atoms with van der Waals surface area (Å²) < 4.78 is 0. The van der Waals surface area contributed by atoms with Crippen LogP contribution >= 0.6 is 23.2 Å². The summed E-state index contributed by atoms with van der Waals surface area (Å²) in [5, 5.41) is 0. The number of H-pyrrole nitrogens is 2. The Kier molecular flexibility index (Phi) is 6.15. The fourth-order valence-electron chi connectivity index (χ4n) is 4.13. The van der Waals surface area contributed by atoms with Crippen LogP contribution in [0.2, 0.25) is 0 Å². The van der Waals surface area contributed by atoms with Gasteiger partial charge in [-0.3, -0.25) is 0 Å². The molecule has 5 heterocycles. The number of aryl methyl sites for hydroxylation is 1. The van der Waals surface area contributed by atoms with Gasteiger partial charge in [0.25, 0.3) is 0 Å². The van der Waals surface area contributed by atoms with E-state index in [0.29, 0.717) is 11.8 Å². The summed E-state index contributed by atoms with van der Waals surface area (Å²) in [6.45, 7) is 0. The lowest BCUT2D eigenvalue weighted by molar-refractivity contribution is 0.938. The summed E-state index contributed by atoms with van der Waals surface area (Å²) in [5.41, 5.74) is 10.4. The quantitative estimate of drug-likeness (QED) is 0.297. The third kappa shape index (κ3) is 4.67. The Morgan fingerprint density at radius 1 is 0.688 bits per heavy atom. The zero-order valence-corrected chi connectivity index (χ0v) is 19.2. The number of aromatic amines is 2. The van der Waals surface area contributed by atoms with E-state index in [-0.39, 0.29) is 0 Å². The van der Waals surface area contributed by atoms with E-state index in [9.17, 15) is 0 Å². The Morgan fingerprint density at radius 2 is 1.38 bits per heavy atom. The largest absolute Gasteiger partial charge is 0.355 e. The zero-order chi connectivity index (χ0) is 21.9. The van der Waals surface area contributed by atoms with Crippen molar-refractivity contribution in [1.29, 1.82) is 0 Å². The Labute approximate surface area is 197 Å². The van der Waals surface area contributed by atoms with E-state index in [1.807, 2.05) is 12.2 Å². The molecule has 0 aromatic carbocycles. The summed E-state index contributed by atoms with van der Waals surface area (Å²) in [7, 11) is 0. The van der Waals surface area contributed by atoms with Crippen LogP contribution in [0.15, 0.2) is 42.5 Å². The number of nitrogens with one attached hydrogen (secondary N) is 2. The number of aromatic nitrogens is 4. The third-order valence-electron chi connectivity index (χ3n) is 5.62. The fraction of sp³-hybridized carbons (Fsp3) is 0.231. The molecular weight excluding hydrogens is 439 g/mol. The molecule has 2 N–H and O–H groups in total. The van der Waals surface area contributed by atoms with E-state index in [1.165, 1.54) is 11.1 Å². The predicted octanol–water partition coefficient (Wildman–Crippen LogP) is 7.22. The molecule has 0 radical (unpaired) electrons. The van der Waals surface area contributed by atoms with Crippen LogP contribution in [-0.2, 0) is 6.42 Å². The minimum absolute atomic E-state index is 0.635. The molecule has 5 rings (SSSR count). The molecule has 2 aliphatic rings. The number of fused-ring (bicyclic) bond motifs is 8. The highest BCUT2D eigenvalue weighted by Crippen LogP contribution is 2.28. The summed E-state index contributed by atoms with van der Waals surface area (Å²) in [6, 6.07) is 14.7. The van der Waals surface area contributed by atoms with Crippen molar-refractivity contribution in [2.24, 2.45) is 0 Å². The number of rotatable bonds is 6. The Bertz CT molecular complexity index is 1360. The van der Waals surface area contributed by atoms with E-state index < -0.39 is 0 Å². The van der Waals surface area contributed by atoms with Gasteiger partial charge in [-0.15, -0.1) is 23.2 Å². The van der Waals surface area contributed by atoms with E-state index in [4.69, 9.17) is 33.2 Å². The van der Waals surface area contributed by atoms with E-state index >= 15 is 0 Å². The molecule has 3 aromatic heterocycles. The third-order valence-corrected chi connectivity index (χ3v) is 6.15. The molecule has 0 atom stereocenters. The molecule has 32 heavy (non-hydrogen) atoms. The van der Waals surface area contributed by atoms with Crippen molar-refractivity contribution in [3.63, 3.8) is 0 Å². The van der Waals surface area contributed by atoms with Crippen LogP contribution in [0.4, 0.5) is 0 Å². The highest BCUT2D eigenvalue weighted by Gasteiger charge is 2.11. The molecular formula is C26H24Cl2N4. The van der Waals surface area contributed by atoms with Gasteiger partial charge in [-0.05, 0) is 97.5 Å². The first-order chi connectivity index (χ1) is 15.7. The highest BCUT2D eigenvalue weighted by molar-refractivity contribution is 6.18. The van der Waals surface area contributed by atoms with Crippen LogP contribution in [0.25, 0.3) is 45.9 Å². The highest BCUT2D eigenvalue weighted by atomic mass is 35.5. The fourth-order valence-corrected chi connectivity index (χ4v) is 4.40. The second kappa shape index (κ2) is 9.35. The van der Waals surface area contributed by atoms with Gasteiger partial charge in [-0.2, -0.15) is 0 Å². The van der Waals surface area contributed by atoms with Gasteiger partial charge in [0.1, 0.15) is 0 Å². The summed E-state index contributed by atoms with van der Waals surface area (Å²) in [5.74, 6) is 1.27. The number of allylic oxidation sites excluding steroid dienone is 1. The van der Waals surface area contributed by atoms with Crippen LogP contribution in [0.3, 0.4) is 0 Å². The maximum atomic E-state index is 5.99. The zero-order valence-electron chi connectivity index (χ0n) is 17.7. The molecule has 8 bridgehead atoms. The predicted molar refractivity (Wildman–Crippen MR) is 137 cm³/mol. The summed E-state index contributed by atoms with van der Waals surface area (Å²) in [6.07, 6.45) is 9.90. The van der Waals surface area contributed by atoms with E-state index in [1.54, 1.807) is 0 Å². The van der Waals surface area contributed by atoms with Gasteiger partial charge < -0.3 is 9.97 Å². The molecule has 0 saturated heterocycles. The second-order valence-corrected chi connectivity index (χ2v) is 8.84. The van der Waals surface area contributed by atoms with Crippen LogP contribution in [0, 0.1) is 0 Å². The monoisotopic (exact) mass is 462 g/mol. The van der Waals surface area contributed by atoms with E-state index in [2.05, 4.69) is 58.5 Å². The SMILES string of the molecule is ClCCCC1=Cc2cc3ccc(cc4nc(cc5cc(CCCCl)c(cc1n2)[nH]5)C=C4)[nH]3. The van der Waals surface area contributed by atoms with Gasteiger partial charge >= 0.3 is 0 Å². The molecule has 162 valence electrons. The van der Waals surface area contributed by atoms with E-state index in [0.717, 1.165) is 70.5 Å². The Balaban J connectivity index is 1.77. The molecule has 0 aliphatic carbocycles. The van der Waals surface area contributed by atoms with Crippen LogP contribution in [-0.4, -0.2) is 31.7 Å². The number of halogens is 2. The van der Waals surface area contributed by atoms with Crippen LogP contribution < -0.4 is 0 Å². The molecule has 3 aromatic rings. The normalized spacial score (nSPS) is 12.9.